The number of amides is 2. The zero-order valence-corrected chi connectivity index (χ0v) is 17.1. The molecule has 2 unspecified atom stereocenters. The van der Waals surface area contributed by atoms with Crippen molar-refractivity contribution < 1.29 is 13.2 Å². The number of rotatable bonds is 4. The molecule has 3 atom stereocenters. The van der Waals surface area contributed by atoms with Crippen molar-refractivity contribution in [3.63, 3.8) is 0 Å². The van der Waals surface area contributed by atoms with Crippen LogP contribution >= 0.6 is 0 Å². The van der Waals surface area contributed by atoms with Crippen LogP contribution in [-0.4, -0.2) is 57.8 Å². The van der Waals surface area contributed by atoms with Crippen molar-refractivity contribution in [1.29, 1.82) is 0 Å². The lowest BCUT2D eigenvalue weighted by Gasteiger charge is -2.31. The molecule has 8 heteroatoms. The van der Waals surface area contributed by atoms with E-state index in [1.807, 2.05) is 17.0 Å². The Labute approximate surface area is 162 Å². The largest absolute Gasteiger partial charge is 0.372 e. The van der Waals surface area contributed by atoms with Crippen molar-refractivity contribution in [2.75, 3.05) is 31.3 Å². The molecule has 7 nitrogen and oxygen atoms in total. The predicted molar refractivity (Wildman–Crippen MR) is 107 cm³/mol. The number of urea groups is 1. The zero-order chi connectivity index (χ0) is 19.6. The predicted octanol–water partition coefficient (Wildman–Crippen LogP) is 1.75. The van der Waals surface area contributed by atoms with E-state index in [1.165, 1.54) is 6.26 Å². The van der Waals surface area contributed by atoms with Crippen molar-refractivity contribution in [2.24, 2.45) is 5.92 Å². The van der Waals surface area contributed by atoms with Gasteiger partial charge < -0.3 is 15.1 Å². The number of nitrogens with zero attached hydrogens (tertiary/aromatic N) is 2. The maximum Gasteiger partial charge on any atom is 0.318 e. The third-order valence-corrected chi connectivity index (χ3v) is 6.34. The second-order valence-electron chi connectivity index (χ2n) is 7.85. The Hall–Kier alpha value is -1.80. The first kappa shape index (κ1) is 19.9. The number of para-hydroxylation sites is 1. The highest BCUT2D eigenvalue weighted by Gasteiger charge is 2.33. The molecule has 0 aromatic heterocycles. The molecule has 1 aromatic rings. The first-order chi connectivity index (χ1) is 12.7. The van der Waals surface area contributed by atoms with Crippen LogP contribution in [0.4, 0.5) is 10.5 Å². The molecule has 1 aromatic carbocycles. The van der Waals surface area contributed by atoms with E-state index in [4.69, 9.17) is 0 Å². The van der Waals surface area contributed by atoms with Gasteiger partial charge in [0.05, 0.1) is 6.26 Å². The maximum absolute atomic E-state index is 13.0. The van der Waals surface area contributed by atoms with E-state index in [9.17, 15) is 13.2 Å². The van der Waals surface area contributed by atoms with E-state index in [0.29, 0.717) is 13.1 Å². The number of carbonyl (C=O) groups excluding carboxylic acids is 1. The molecule has 1 heterocycles. The number of benzene rings is 1. The Kier molecular flexibility index (Phi) is 5.95. The summed E-state index contributed by atoms with van der Waals surface area (Å²) in [5.74, 6) is 0.140. The van der Waals surface area contributed by atoms with Crippen LogP contribution in [0.2, 0.25) is 0 Å². The summed E-state index contributed by atoms with van der Waals surface area (Å²) in [7, 11) is -1.16. The van der Waals surface area contributed by atoms with Gasteiger partial charge in [-0.05, 0) is 37.3 Å². The van der Waals surface area contributed by atoms with Crippen LogP contribution < -0.4 is 14.9 Å². The summed E-state index contributed by atoms with van der Waals surface area (Å²) >= 11 is 0. The van der Waals surface area contributed by atoms with Gasteiger partial charge in [-0.25, -0.2) is 17.9 Å². The molecule has 1 aliphatic carbocycles. The van der Waals surface area contributed by atoms with E-state index >= 15 is 0 Å². The minimum atomic E-state index is -3.22. The van der Waals surface area contributed by atoms with Gasteiger partial charge in [-0.1, -0.05) is 24.6 Å². The lowest BCUT2D eigenvalue weighted by atomic mass is 10.0. The molecule has 150 valence electrons. The molecule has 27 heavy (non-hydrogen) atoms. The van der Waals surface area contributed by atoms with Gasteiger partial charge >= 0.3 is 6.03 Å². The fourth-order valence-corrected chi connectivity index (χ4v) is 4.71. The molecular weight excluding hydrogens is 364 g/mol. The number of anilines is 1. The lowest BCUT2D eigenvalue weighted by Crippen LogP contribution is -2.51. The molecule has 3 rings (SSSR count). The Morgan fingerprint density at radius 1 is 1.26 bits per heavy atom. The second kappa shape index (κ2) is 8.06. The molecular formula is C19H30N4O3S. The molecule has 0 bridgehead atoms. The summed E-state index contributed by atoms with van der Waals surface area (Å²) in [5, 5.41) is 3.17. The molecule has 0 saturated heterocycles. The van der Waals surface area contributed by atoms with E-state index < -0.39 is 10.0 Å². The normalized spacial score (nSPS) is 25.8. The number of nitrogens with one attached hydrogen (secondary N) is 2. The minimum Gasteiger partial charge on any atom is -0.372 e. The fourth-order valence-electron chi connectivity index (χ4n) is 4.19. The van der Waals surface area contributed by atoms with Crippen molar-refractivity contribution in [2.45, 2.75) is 44.8 Å². The van der Waals surface area contributed by atoms with E-state index in [0.717, 1.165) is 37.1 Å². The number of hydrogen-bond donors (Lipinski definition) is 2. The van der Waals surface area contributed by atoms with Crippen molar-refractivity contribution in [3.05, 3.63) is 29.8 Å². The van der Waals surface area contributed by atoms with E-state index in [-0.39, 0.29) is 24.0 Å². The standard InChI is InChI=1S/C19H30N4O3S/c1-14-12-22(2)18-10-5-4-7-16(18)13-23(14)19(24)21-17-9-6-8-15(17)11-20-27(3,25)26/h4-5,7,10,14-15,17,20H,6,8-9,11-13H2,1-3H3,(H,21,24)/t14-,15?,17?/m0/s1. The monoisotopic (exact) mass is 394 g/mol. The van der Waals surface area contributed by atoms with Gasteiger partial charge in [0, 0.05) is 44.5 Å². The van der Waals surface area contributed by atoms with Crippen molar-refractivity contribution >= 4 is 21.7 Å². The van der Waals surface area contributed by atoms with Crippen LogP contribution in [0.3, 0.4) is 0 Å². The van der Waals surface area contributed by atoms with Gasteiger partial charge in [0.2, 0.25) is 10.0 Å². The van der Waals surface area contributed by atoms with Gasteiger partial charge in [0.25, 0.3) is 0 Å². The van der Waals surface area contributed by atoms with Crippen LogP contribution in [0.5, 0.6) is 0 Å². The molecule has 1 aliphatic heterocycles. The molecule has 1 fully saturated rings. The first-order valence-electron chi connectivity index (χ1n) is 9.55. The molecule has 0 spiro atoms. The second-order valence-corrected chi connectivity index (χ2v) is 9.69. The summed E-state index contributed by atoms with van der Waals surface area (Å²) in [6.07, 6.45) is 3.99. The summed E-state index contributed by atoms with van der Waals surface area (Å²) < 4.78 is 25.3. The summed E-state index contributed by atoms with van der Waals surface area (Å²) in [6, 6.07) is 8.21. The summed E-state index contributed by atoms with van der Waals surface area (Å²) in [4.78, 5) is 17.1. The van der Waals surface area contributed by atoms with Crippen LogP contribution in [0.25, 0.3) is 0 Å². The number of fused-ring (bicyclic) bond motifs is 1. The van der Waals surface area contributed by atoms with Crippen LogP contribution in [-0.2, 0) is 16.6 Å². The van der Waals surface area contributed by atoms with Crippen LogP contribution in [0.15, 0.2) is 24.3 Å². The molecule has 2 aliphatic rings. The number of likely N-dealkylation sites (N-methyl/N-ethyl adjacent to an activating group) is 1. The summed E-state index contributed by atoms with van der Waals surface area (Å²) in [6.45, 7) is 3.80. The van der Waals surface area contributed by atoms with Gasteiger partial charge in [-0.3, -0.25) is 0 Å². The third kappa shape index (κ3) is 4.93. The SMILES string of the molecule is C[C@H]1CN(C)c2ccccc2CN1C(=O)NC1CCCC1CNS(C)(=O)=O. The Balaban J connectivity index is 1.68. The Bertz CT molecular complexity index is 783. The van der Waals surface area contributed by atoms with E-state index in [2.05, 4.69) is 41.0 Å². The number of hydrogen-bond acceptors (Lipinski definition) is 4. The number of carbonyl (C=O) groups is 1. The highest BCUT2D eigenvalue weighted by atomic mass is 32.2. The number of sulfonamides is 1. The average Bonchev–Trinajstić information content (AvgIpc) is 2.99. The zero-order valence-electron chi connectivity index (χ0n) is 16.3. The first-order valence-corrected chi connectivity index (χ1v) is 11.4. The maximum atomic E-state index is 13.0. The van der Waals surface area contributed by atoms with Crippen molar-refractivity contribution in [1.82, 2.24) is 14.9 Å². The lowest BCUT2D eigenvalue weighted by molar-refractivity contribution is 0.172. The topological polar surface area (TPSA) is 81.8 Å². The van der Waals surface area contributed by atoms with Crippen molar-refractivity contribution in [3.8, 4) is 0 Å². The third-order valence-electron chi connectivity index (χ3n) is 5.65. The van der Waals surface area contributed by atoms with Crippen LogP contribution in [0.1, 0.15) is 31.7 Å². The van der Waals surface area contributed by atoms with Gasteiger partial charge in [0.1, 0.15) is 0 Å². The average molecular weight is 395 g/mol. The highest BCUT2D eigenvalue weighted by Crippen LogP contribution is 2.28. The Morgan fingerprint density at radius 3 is 2.74 bits per heavy atom. The van der Waals surface area contributed by atoms with Crippen LogP contribution in [0, 0.1) is 5.92 Å². The van der Waals surface area contributed by atoms with Gasteiger partial charge in [-0.15, -0.1) is 0 Å². The smallest absolute Gasteiger partial charge is 0.318 e. The van der Waals surface area contributed by atoms with E-state index in [1.54, 1.807) is 0 Å². The molecule has 2 amide bonds. The van der Waals surface area contributed by atoms with Gasteiger partial charge in [0.15, 0.2) is 0 Å². The minimum absolute atomic E-state index is 0.00942. The Morgan fingerprint density at radius 2 is 2.00 bits per heavy atom. The molecule has 2 N–H and O–H groups in total. The highest BCUT2D eigenvalue weighted by molar-refractivity contribution is 7.88. The quantitative estimate of drug-likeness (QED) is 0.815. The summed E-state index contributed by atoms with van der Waals surface area (Å²) in [5.41, 5.74) is 2.30. The molecule has 0 radical (unpaired) electrons. The molecule has 1 saturated carbocycles. The fraction of sp³-hybridized carbons (Fsp3) is 0.632. The van der Waals surface area contributed by atoms with Gasteiger partial charge in [-0.2, -0.15) is 0 Å².